The van der Waals surface area contributed by atoms with Crippen LogP contribution < -0.4 is 5.56 Å². The highest BCUT2D eigenvalue weighted by Crippen LogP contribution is 2.35. The summed E-state index contributed by atoms with van der Waals surface area (Å²) in [6.45, 7) is 4.15. The van der Waals surface area contributed by atoms with Gasteiger partial charge in [0.2, 0.25) is 0 Å². The molecule has 5 nitrogen and oxygen atoms in total. The Balaban J connectivity index is 2.13. The van der Waals surface area contributed by atoms with Gasteiger partial charge in [-0.2, -0.15) is 0 Å². The van der Waals surface area contributed by atoms with E-state index in [0.717, 1.165) is 10.4 Å². The van der Waals surface area contributed by atoms with Crippen molar-refractivity contribution >= 4 is 50.6 Å². The van der Waals surface area contributed by atoms with Crippen LogP contribution in [0.1, 0.15) is 13.8 Å². The molecule has 0 spiro atoms. The maximum atomic E-state index is 13.0. The molecule has 126 valence electrons. The van der Waals surface area contributed by atoms with E-state index >= 15 is 0 Å². The minimum Gasteiger partial charge on any atom is -0.468 e. The first kappa shape index (κ1) is 17.2. The number of methoxy groups -OCH3 is 1. The molecule has 1 atom stereocenters. The smallest absolute Gasteiger partial charge is 0.318 e. The van der Waals surface area contributed by atoms with Gasteiger partial charge in [-0.05, 0) is 25.3 Å². The van der Waals surface area contributed by atoms with Crippen LogP contribution in [-0.2, 0) is 16.1 Å². The fourth-order valence-electron chi connectivity index (χ4n) is 2.36. The predicted molar refractivity (Wildman–Crippen MR) is 100 cm³/mol. The van der Waals surface area contributed by atoms with Gasteiger partial charge < -0.3 is 4.74 Å². The minimum atomic E-state index is -0.422. The van der Waals surface area contributed by atoms with Crippen molar-refractivity contribution in [2.24, 2.45) is 0 Å². The molecule has 0 radical (unpaired) electrons. The van der Waals surface area contributed by atoms with Gasteiger partial charge in [-0.15, -0.1) is 22.7 Å². The van der Waals surface area contributed by atoms with Gasteiger partial charge in [-0.25, -0.2) is 4.98 Å². The molecule has 0 aliphatic carbocycles. The van der Waals surface area contributed by atoms with Crippen LogP contribution in [0.5, 0.6) is 0 Å². The number of ether oxygens (including phenoxy) is 1. The van der Waals surface area contributed by atoms with Crippen molar-refractivity contribution in [3.8, 4) is 10.4 Å². The molecular formula is C16H16N2O3S3. The maximum absolute atomic E-state index is 13.0. The Labute approximate surface area is 151 Å². The lowest BCUT2D eigenvalue weighted by Gasteiger charge is -2.13. The quantitative estimate of drug-likeness (QED) is 0.382. The Bertz CT molecular complexity index is 928. The maximum Gasteiger partial charge on any atom is 0.318 e. The van der Waals surface area contributed by atoms with Gasteiger partial charge in [0.15, 0.2) is 5.16 Å². The lowest BCUT2D eigenvalue weighted by molar-refractivity contribution is -0.139. The van der Waals surface area contributed by atoms with E-state index in [9.17, 15) is 9.59 Å². The second kappa shape index (κ2) is 7.08. The number of thioether (sulfide) groups is 1. The fourth-order valence-corrected chi connectivity index (χ4v) is 5.16. The molecule has 0 aliphatic heterocycles. The summed E-state index contributed by atoms with van der Waals surface area (Å²) in [5.41, 5.74) is 0.869. The summed E-state index contributed by atoms with van der Waals surface area (Å²) in [7, 11) is 1.36. The van der Waals surface area contributed by atoms with Gasteiger partial charge in [-0.3, -0.25) is 14.2 Å². The fraction of sp³-hybridized carbons (Fsp3) is 0.312. The van der Waals surface area contributed by atoms with Crippen molar-refractivity contribution < 1.29 is 9.53 Å². The highest BCUT2D eigenvalue weighted by molar-refractivity contribution is 8.00. The third kappa shape index (κ3) is 3.01. The molecule has 3 rings (SSSR count). The highest BCUT2D eigenvalue weighted by Gasteiger charge is 2.21. The van der Waals surface area contributed by atoms with Crippen LogP contribution in [0.4, 0.5) is 0 Å². The number of rotatable bonds is 5. The zero-order chi connectivity index (χ0) is 17.3. The van der Waals surface area contributed by atoms with E-state index in [4.69, 9.17) is 4.74 Å². The van der Waals surface area contributed by atoms with E-state index in [2.05, 4.69) is 4.98 Å². The highest BCUT2D eigenvalue weighted by atomic mass is 32.2. The van der Waals surface area contributed by atoms with E-state index in [1.54, 1.807) is 22.8 Å². The molecule has 0 unspecified atom stereocenters. The van der Waals surface area contributed by atoms with Gasteiger partial charge in [0.25, 0.3) is 5.56 Å². The van der Waals surface area contributed by atoms with E-state index in [1.807, 2.05) is 29.8 Å². The number of fused-ring (bicyclic) bond motifs is 1. The van der Waals surface area contributed by atoms with Crippen molar-refractivity contribution in [3.63, 3.8) is 0 Å². The average molecular weight is 381 g/mol. The third-order valence-electron chi connectivity index (χ3n) is 3.58. The molecule has 8 heteroatoms. The van der Waals surface area contributed by atoms with Crippen LogP contribution in [0, 0.1) is 0 Å². The standard InChI is InChI=1S/C16H16N2O3S3/c1-4-18-14(19)12-10(11-6-5-7-22-11)8-23-13(12)17-16(18)24-9(2)15(20)21-3/h5-9H,4H2,1-3H3/t9-/m1/s1. The average Bonchev–Trinajstić information content (AvgIpc) is 3.23. The first-order valence-corrected chi connectivity index (χ1v) is 10.0. The van der Waals surface area contributed by atoms with Gasteiger partial charge in [0.05, 0.1) is 12.5 Å². The van der Waals surface area contributed by atoms with Crippen LogP contribution in [0.3, 0.4) is 0 Å². The second-order valence-corrected chi connectivity index (χ2v) is 8.15. The normalized spacial score (nSPS) is 12.5. The number of esters is 1. The first-order valence-electron chi connectivity index (χ1n) is 7.37. The monoisotopic (exact) mass is 380 g/mol. The first-order chi connectivity index (χ1) is 11.6. The van der Waals surface area contributed by atoms with Crippen molar-refractivity contribution in [1.29, 1.82) is 0 Å². The predicted octanol–water partition coefficient (Wildman–Crippen LogP) is 3.86. The Hall–Kier alpha value is -1.64. The number of hydrogen-bond acceptors (Lipinski definition) is 7. The van der Waals surface area contributed by atoms with E-state index in [-0.39, 0.29) is 11.5 Å². The number of aromatic nitrogens is 2. The Morgan fingerprint density at radius 1 is 1.46 bits per heavy atom. The van der Waals surface area contributed by atoms with Crippen molar-refractivity contribution in [2.75, 3.05) is 7.11 Å². The van der Waals surface area contributed by atoms with Crippen LogP contribution >= 0.6 is 34.4 Å². The molecular weight excluding hydrogens is 364 g/mol. The number of carbonyl (C=O) groups excluding carboxylic acids is 1. The van der Waals surface area contributed by atoms with Crippen molar-refractivity contribution in [1.82, 2.24) is 9.55 Å². The summed E-state index contributed by atoms with van der Waals surface area (Å²) >= 11 is 4.31. The van der Waals surface area contributed by atoms with Crippen molar-refractivity contribution in [3.05, 3.63) is 33.2 Å². The second-order valence-electron chi connectivity index (χ2n) is 5.03. The Morgan fingerprint density at radius 2 is 2.25 bits per heavy atom. The molecule has 0 aliphatic rings. The van der Waals surface area contributed by atoms with Crippen LogP contribution in [0.2, 0.25) is 0 Å². The van der Waals surface area contributed by atoms with Crippen LogP contribution in [-0.4, -0.2) is 27.9 Å². The molecule has 3 heterocycles. The lowest BCUT2D eigenvalue weighted by atomic mass is 10.2. The summed E-state index contributed by atoms with van der Waals surface area (Å²) in [6, 6.07) is 3.97. The van der Waals surface area contributed by atoms with Gasteiger partial charge in [-0.1, -0.05) is 17.8 Å². The van der Waals surface area contributed by atoms with Gasteiger partial charge in [0, 0.05) is 22.4 Å². The van der Waals surface area contributed by atoms with E-state index in [1.165, 1.54) is 30.2 Å². The summed E-state index contributed by atoms with van der Waals surface area (Å²) in [6.07, 6.45) is 0. The number of carbonyl (C=O) groups is 1. The molecule has 0 saturated carbocycles. The topological polar surface area (TPSA) is 61.2 Å². The van der Waals surface area contributed by atoms with Gasteiger partial charge >= 0.3 is 5.97 Å². The molecule has 0 fully saturated rings. The minimum absolute atomic E-state index is 0.0632. The SMILES string of the molecule is CCn1c(S[C@H](C)C(=O)OC)nc2scc(-c3cccs3)c2c1=O. The Morgan fingerprint density at radius 3 is 2.88 bits per heavy atom. The van der Waals surface area contributed by atoms with Crippen LogP contribution in [0.15, 0.2) is 32.8 Å². The molecule has 0 saturated heterocycles. The molecule has 0 aromatic carbocycles. The molecule has 3 aromatic heterocycles. The van der Waals surface area contributed by atoms with E-state index < -0.39 is 5.25 Å². The summed E-state index contributed by atoms with van der Waals surface area (Å²) < 4.78 is 6.38. The molecule has 3 aromatic rings. The summed E-state index contributed by atoms with van der Waals surface area (Å²) in [5.74, 6) is -0.331. The molecule has 0 amide bonds. The van der Waals surface area contributed by atoms with Gasteiger partial charge in [0.1, 0.15) is 10.1 Å². The number of nitrogens with zero attached hydrogens (tertiary/aromatic N) is 2. The zero-order valence-electron chi connectivity index (χ0n) is 13.4. The van der Waals surface area contributed by atoms with E-state index in [0.29, 0.717) is 21.9 Å². The number of hydrogen-bond donors (Lipinski definition) is 0. The lowest BCUT2D eigenvalue weighted by Crippen LogP contribution is -2.24. The van der Waals surface area contributed by atoms with Crippen molar-refractivity contribution in [2.45, 2.75) is 30.8 Å². The largest absolute Gasteiger partial charge is 0.468 e. The Kier molecular flexibility index (Phi) is 5.07. The molecule has 24 heavy (non-hydrogen) atoms. The molecule has 0 N–H and O–H groups in total. The number of thiophene rings is 2. The van der Waals surface area contributed by atoms with Crippen LogP contribution in [0.25, 0.3) is 20.7 Å². The molecule has 0 bridgehead atoms. The third-order valence-corrected chi connectivity index (χ3v) is 6.42. The zero-order valence-corrected chi connectivity index (χ0v) is 15.9. The summed E-state index contributed by atoms with van der Waals surface area (Å²) in [4.78, 5) is 31.1. The summed E-state index contributed by atoms with van der Waals surface area (Å²) in [5, 5.41) is 4.75.